The van der Waals surface area contributed by atoms with Gasteiger partial charge in [0.15, 0.2) is 5.84 Å². The molecule has 1 aliphatic heterocycles. The van der Waals surface area contributed by atoms with Gasteiger partial charge in [-0.15, -0.1) is 4.40 Å². The van der Waals surface area contributed by atoms with E-state index in [1.807, 2.05) is 0 Å². The lowest BCUT2D eigenvalue weighted by Crippen LogP contribution is -2.17. The molecule has 0 radical (unpaired) electrons. The van der Waals surface area contributed by atoms with E-state index in [1.165, 1.54) is 0 Å². The Kier molecular flexibility index (Phi) is 0.995. The van der Waals surface area contributed by atoms with Gasteiger partial charge in [0.25, 0.3) is 10.0 Å². The molecule has 0 spiro atoms. The molecule has 0 aromatic carbocycles. The van der Waals surface area contributed by atoms with Crippen LogP contribution in [0.15, 0.2) is 15.5 Å². The van der Waals surface area contributed by atoms with Crippen molar-refractivity contribution in [1.29, 1.82) is 0 Å². The van der Waals surface area contributed by atoms with E-state index in [9.17, 15) is 8.42 Å². The van der Waals surface area contributed by atoms with Gasteiger partial charge in [-0.1, -0.05) is 0 Å². The number of sulfonamides is 1. The molecule has 5 nitrogen and oxygen atoms in total. The summed E-state index contributed by atoms with van der Waals surface area (Å²) in [4.78, 5) is 0. The molecule has 0 saturated heterocycles. The fraction of sp³-hybridized carbons (Fsp3) is 0. The van der Waals surface area contributed by atoms with Gasteiger partial charge in [-0.05, 0) is 0 Å². The van der Waals surface area contributed by atoms with Crippen LogP contribution in [0.1, 0.15) is 0 Å². The summed E-state index contributed by atoms with van der Waals surface area (Å²) in [5.74, 6) is -0.130. The van der Waals surface area contributed by atoms with E-state index in [1.54, 1.807) is 0 Å². The van der Waals surface area contributed by atoms with Crippen LogP contribution < -0.4 is 11.5 Å². The second-order valence-electron chi connectivity index (χ2n) is 1.56. The summed E-state index contributed by atoms with van der Waals surface area (Å²) in [7, 11) is -3.47. The zero-order chi connectivity index (χ0) is 7.07. The molecule has 1 heterocycles. The minimum absolute atomic E-state index is 0.00926. The molecule has 0 atom stereocenters. The molecule has 0 aliphatic carbocycles. The van der Waals surface area contributed by atoms with Gasteiger partial charge >= 0.3 is 0 Å². The second-order valence-corrected chi connectivity index (χ2v) is 3.01. The SMILES string of the molecule is NC1=CS(=O)(=O)N=C1N. The van der Waals surface area contributed by atoms with E-state index < -0.39 is 10.0 Å². The first-order valence-electron chi connectivity index (χ1n) is 2.09. The maximum absolute atomic E-state index is 10.4. The van der Waals surface area contributed by atoms with Crippen LogP contribution in [0.2, 0.25) is 0 Å². The number of hydrogen-bond donors (Lipinski definition) is 2. The number of hydrogen-bond acceptors (Lipinski definition) is 4. The van der Waals surface area contributed by atoms with Crippen LogP contribution in [0.4, 0.5) is 0 Å². The fourth-order valence-electron chi connectivity index (χ4n) is 0.437. The van der Waals surface area contributed by atoms with E-state index in [0.717, 1.165) is 5.41 Å². The number of amidine groups is 1. The largest absolute Gasteiger partial charge is 0.395 e. The summed E-state index contributed by atoms with van der Waals surface area (Å²) in [5.41, 5.74) is 10.1. The Bertz CT molecular complexity index is 262. The fourth-order valence-corrected chi connectivity index (χ4v) is 1.31. The molecule has 1 aliphatic rings. The molecule has 0 fully saturated rings. The first-order chi connectivity index (χ1) is 4.01. The summed E-state index contributed by atoms with van der Waals surface area (Å²) in [6.07, 6.45) is 0. The van der Waals surface area contributed by atoms with E-state index in [0.29, 0.717) is 0 Å². The normalized spacial score (nSPS) is 23.1. The lowest BCUT2D eigenvalue weighted by Gasteiger charge is -1.84. The molecule has 0 aromatic rings. The van der Waals surface area contributed by atoms with Crippen LogP contribution in [0.3, 0.4) is 0 Å². The lowest BCUT2D eigenvalue weighted by molar-refractivity contribution is 0.607. The van der Waals surface area contributed by atoms with E-state index in [2.05, 4.69) is 4.40 Å². The molecule has 0 unspecified atom stereocenters. The molecule has 1 rings (SSSR count). The third-order valence-corrected chi connectivity index (χ3v) is 1.80. The molecular formula is C3H5N3O2S. The third kappa shape index (κ3) is 1.02. The van der Waals surface area contributed by atoms with Gasteiger partial charge in [-0.3, -0.25) is 0 Å². The zero-order valence-electron chi connectivity index (χ0n) is 4.40. The molecule has 0 bridgehead atoms. The van der Waals surface area contributed by atoms with Crippen molar-refractivity contribution < 1.29 is 8.42 Å². The average molecular weight is 147 g/mol. The van der Waals surface area contributed by atoms with Crippen LogP contribution in [0, 0.1) is 0 Å². The Morgan fingerprint density at radius 3 is 2.11 bits per heavy atom. The molecule has 6 heteroatoms. The Morgan fingerprint density at radius 1 is 1.44 bits per heavy atom. The van der Waals surface area contributed by atoms with Crippen LogP contribution in [0.5, 0.6) is 0 Å². The third-order valence-electron chi connectivity index (χ3n) is 0.797. The van der Waals surface area contributed by atoms with E-state index in [4.69, 9.17) is 11.5 Å². The van der Waals surface area contributed by atoms with Gasteiger partial charge in [0, 0.05) is 0 Å². The molecule has 0 amide bonds. The first-order valence-corrected chi connectivity index (χ1v) is 3.59. The molecule has 4 N–H and O–H groups in total. The predicted molar refractivity (Wildman–Crippen MR) is 32.8 cm³/mol. The Labute approximate surface area is 52.1 Å². The molecule has 50 valence electrons. The van der Waals surface area contributed by atoms with E-state index in [-0.39, 0.29) is 11.5 Å². The van der Waals surface area contributed by atoms with Crippen molar-refractivity contribution in [3.05, 3.63) is 11.1 Å². The molecular weight excluding hydrogens is 142 g/mol. The van der Waals surface area contributed by atoms with E-state index >= 15 is 0 Å². The zero-order valence-corrected chi connectivity index (χ0v) is 5.22. The standard InChI is InChI=1S/C3H5N3O2S/c4-2-1-9(7,8)6-3(2)5/h1H,4H2,(H2,5,6). The van der Waals surface area contributed by atoms with Gasteiger partial charge in [0.05, 0.1) is 11.1 Å². The van der Waals surface area contributed by atoms with Crippen LogP contribution >= 0.6 is 0 Å². The van der Waals surface area contributed by atoms with Crippen molar-refractivity contribution in [1.82, 2.24) is 0 Å². The summed E-state index contributed by atoms with van der Waals surface area (Å²) < 4.78 is 23.9. The van der Waals surface area contributed by atoms with Gasteiger partial charge in [-0.2, -0.15) is 8.42 Å². The minimum atomic E-state index is -3.47. The maximum atomic E-state index is 10.4. The minimum Gasteiger partial charge on any atom is -0.395 e. The van der Waals surface area contributed by atoms with Crippen LogP contribution in [0.25, 0.3) is 0 Å². The Hall–Kier alpha value is -1.04. The molecule has 0 aromatic heterocycles. The number of nitrogens with two attached hydrogens (primary N) is 2. The van der Waals surface area contributed by atoms with Crippen molar-refractivity contribution in [2.75, 3.05) is 0 Å². The molecule has 0 saturated carbocycles. The molecule has 9 heavy (non-hydrogen) atoms. The van der Waals surface area contributed by atoms with Gasteiger partial charge in [0.2, 0.25) is 0 Å². The maximum Gasteiger partial charge on any atom is 0.279 e. The number of rotatable bonds is 0. The predicted octanol–water partition coefficient (Wildman–Crippen LogP) is -1.51. The lowest BCUT2D eigenvalue weighted by atomic mass is 10.5. The Balaban J connectivity index is 3.27. The van der Waals surface area contributed by atoms with Crippen molar-refractivity contribution in [3.8, 4) is 0 Å². The van der Waals surface area contributed by atoms with Crippen molar-refractivity contribution >= 4 is 15.9 Å². The van der Waals surface area contributed by atoms with Crippen LogP contribution in [-0.2, 0) is 10.0 Å². The summed E-state index contributed by atoms with van der Waals surface area (Å²) in [6.45, 7) is 0. The average Bonchev–Trinajstić information content (AvgIpc) is 1.79. The summed E-state index contributed by atoms with van der Waals surface area (Å²) in [6, 6.07) is 0. The monoisotopic (exact) mass is 147 g/mol. The van der Waals surface area contributed by atoms with Gasteiger partial charge in [0.1, 0.15) is 0 Å². The summed E-state index contributed by atoms with van der Waals surface area (Å²) in [5, 5.41) is 0.822. The van der Waals surface area contributed by atoms with Gasteiger partial charge < -0.3 is 11.5 Å². The smallest absolute Gasteiger partial charge is 0.279 e. The highest BCUT2D eigenvalue weighted by Crippen LogP contribution is 2.05. The van der Waals surface area contributed by atoms with Crippen molar-refractivity contribution in [3.63, 3.8) is 0 Å². The Morgan fingerprint density at radius 2 is 2.00 bits per heavy atom. The highest BCUT2D eigenvalue weighted by molar-refractivity contribution is 7.93. The van der Waals surface area contributed by atoms with Crippen LogP contribution in [-0.4, -0.2) is 14.3 Å². The topological polar surface area (TPSA) is 98.5 Å². The summed E-state index contributed by atoms with van der Waals surface area (Å²) >= 11 is 0. The van der Waals surface area contributed by atoms with Gasteiger partial charge in [-0.25, -0.2) is 0 Å². The van der Waals surface area contributed by atoms with Crippen molar-refractivity contribution in [2.45, 2.75) is 0 Å². The highest BCUT2D eigenvalue weighted by Gasteiger charge is 2.15. The van der Waals surface area contributed by atoms with Crippen molar-refractivity contribution in [2.24, 2.45) is 15.9 Å². The first kappa shape index (κ1) is 6.09. The highest BCUT2D eigenvalue weighted by atomic mass is 32.2. The second kappa shape index (κ2) is 1.47. The quantitative estimate of drug-likeness (QED) is 0.435. The number of nitrogens with zero attached hydrogens (tertiary/aromatic N) is 1.